The summed E-state index contributed by atoms with van der Waals surface area (Å²) in [5, 5.41) is 3.36. The van der Waals surface area contributed by atoms with E-state index in [2.05, 4.69) is 26.2 Å². The summed E-state index contributed by atoms with van der Waals surface area (Å²) in [4.78, 5) is 4.35. The lowest BCUT2D eigenvalue weighted by Gasteiger charge is -2.10. The molecule has 0 saturated carbocycles. The van der Waals surface area contributed by atoms with E-state index in [-0.39, 0.29) is 0 Å². The van der Waals surface area contributed by atoms with Gasteiger partial charge in [0.2, 0.25) is 0 Å². The Labute approximate surface area is 98.4 Å². The Kier molecular flexibility index (Phi) is 4.11. The van der Waals surface area contributed by atoms with Crippen LogP contribution in [0.3, 0.4) is 0 Å². The molecule has 4 heteroatoms. The van der Waals surface area contributed by atoms with Crippen LogP contribution in [0.15, 0.2) is 22.8 Å². The van der Waals surface area contributed by atoms with E-state index in [1.807, 2.05) is 18.2 Å². The normalized spacial score (nSPS) is 20.7. The van der Waals surface area contributed by atoms with Gasteiger partial charge in [0.1, 0.15) is 4.60 Å². The Balaban J connectivity index is 1.73. The number of halogens is 1. The van der Waals surface area contributed by atoms with Crippen LogP contribution in [0.2, 0.25) is 0 Å². The van der Waals surface area contributed by atoms with Crippen molar-refractivity contribution in [1.29, 1.82) is 0 Å². The average Bonchev–Trinajstić information content (AvgIpc) is 2.71. The van der Waals surface area contributed by atoms with Crippen molar-refractivity contribution in [2.45, 2.75) is 25.5 Å². The smallest absolute Gasteiger partial charge is 0.106 e. The highest BCUT2D eigenvalue weighted by Gasteiger charge is 2.14. The van der Waals surface area contributed by atoms with Gasteiger partial charge < -0.3 is 10.1 Å². The van der Waals surface area contributed by atoms with E-state index in [9.17, 15) is 0 Å². The zero-order valence-electron chi connectivity index (χ0n) is 8.58. The summed E-state index contributed by atoms with van der Waals surface area (Å²) >= 11 is 3.36. The average molecular weight is 271 g/mol. The molecule has 0 aromatic carbocycles. The summed E-state index contributed by atoms with van der Waals surface area (Å²) in [6, 6.07) is 5.96. The van der Waals surface area contributed by atoms with E-state index < -0.39 is 0 Å². The first-order chi connectivity index (χ1) is 7.34. The minimum Gasteiger partial charge on any atom is -0.377 e. The zero-order valence-corrected chi connectivity index (χ0v) is 10.2. The highest BCUT2D eigenvalue weighted by Crippen LogP contribution is 2.11. The third kappa shape index (κ3) is 3.55. The quantitative estimate of drug-likeness (QED) is 0.852. The summed E-state index contributed by atoms with van der Waals surface area (Å²) in [5.74, 6) is 0. The molecule has 0 bridgehead atoms. The Morgan fingerprint density at radius 3 is 3.20 bits per heavy atom. The second-order valence-electron chi connectivity index (χ2n) is 3.72. The molecule has 1 saturated heterocycles. The predicted octanol–water partition coefficient (Wildman–Crippen LogP) is 2.11. The topological polar surface area (TPSA) is 34.1 Å². The molecule has 3 nitrogen and oxygen atoms in total. The lowest BCUT2D eigenvalue weighted by Crippen LogP contribution is -2.26. The molecule has 1 fully saturated rings. The number of hydrogen-bond acceptors (Lipinski definition) is 3. The molecule has 15 heavy (non-hydrogen) atoms. The number of nitrogens with zero attached hydrogens (tertiary/aromatic N) is 1. The van der Waals surface area contributed by atoms with Gasteiger partial charge in [-0.3, -0.25) is 0 Å². The van der Waals surface area contributed by atoms with Crippen LogP contribution in [0.25, 0.3) is 0 Å². The highest BCUT2D eigenvalue weighted by molar-refractivity contribution is 9.10. The van der Waals surface area contributed by atoms with Crippen LogP contribution >= 0.6 is 15.9 Å². The van der Waals surface area contributed by atoms with Gasteiger partial charge >= 0.3 is 0 Å². The van der Waals surface area contributed by atoms with Crippen molar-refractivity contribution in [3.63, 3.8) is 0 Å². The van der Waals surface area contributed by atoms with E-state index in [1.54, 1.807) is 0 Å². The van der Waals surface area contributed by atoms with Crippen molar-refractivity contribution >= 4 is 15.9 Å². The summed E-state index contributed by atoms with van der Waals surface area (Å²) in [6.45, 7) is 2.65. The van der Waals surface area contributed by atoms with Gasteiger partial charge in [-0.05, 0) is 40.9 Å². The van der Waals surface area contributed by atoms with Crippen LogP contribution in [0.4, 0.5) is 0 Å². The maximum Gasteiger partial charge on any atom is 0.106 e. The van der Waals surface area contributed by atoms with Gasteiger partial charge in [0, 0.05) is 19.7 Å². The van der Waals surface area contributed by atoms with Crippen molar-refractivity contribution in [1.82, 2.24) is 10.3 Å². The summed E-state index contributed by atoms with van der Waals surface area (Å²) < 4.78 is 6.41. The molecule has 0 spiro atoms. The molecule has 2 rings (SSSR count). The molecule has 1 N–H and O–H groups in total. The largest absolute Gasteiger partial charge is 0.377 e. The fraction of sp³-hybridized carbons (Fsp3) is 0.545. The Bertz CT molecular complexity index is 313. The van der Waals surface area contributed by atoms with Gasteiger partial charge in [0.25, 0.3) is 0 Å². The Hall–Kier alpha value is -0.450. The van der Waals surface area contributed by atoms with Crippen LogP contribution in [0, 0.1) is 0 Å². The van der Waals surface area contributed by atoms with Crippen LogP contribution in [0.5, 0.6) is 0 Å². The number of rotatable bonds is 4. The highest BCUT2D eigenvalue weighted by atomic mass is 79.9. The van der Waals surface area contributed by atoms with Gasteiger partial charge in [-0.1, -0.05) is 6.07 Å². The van der Waals surface area contributed by atoms with E-state index in [4.69, 9.17) is 4.74 Å². The molecule has 0 radical (unpaired) electrons. The molecule has 1 aromatic rings. The predicted molar refractivity (Wildman–Crippen MR) is 62.6 cm³/mol. The second-order valence-corrected chi connectivity index (χ2v) is 4.53. The zero-order chi connectivity index (χ0) is 10.5. The van der Waals surface area contributed by atoms with E-state index in [0.717, 1.165) is 30.0 Å². The third-order valence-corrected chi connectivity index (χ3v) is 2.92. The summed E-state index contributed by atoms with van der Waals surface area (Å²) in [6.07, 6.45) is 2.78. The van der Waals surface area contributed by atoms with Crippen molar-refractivity contribution < 1.29 is 4.74 Å². The Morgan fingerprint density at radius 1 is 1.53 bits per heavy atom. The van der Waals surface area contributed by atoms with Crippen LogP contribution in [-0.4, -0.2) is 24.2 Å². The monoisotopic (exact) mass is 270 g/mol. The molecule has 2 heterocycles. The lowest BCUT2D eigenvalue weighted by atomic mass is 10.2. The van der Waals surface area contributed by atoms with Gasteiger partial charge in [-0.25, -0.2) is 4.98 Å². The lowest BCUT2D eigenvalue weighted by molar-refractivity contribution is 0.110. The molecule has 1 aliphatic heterocycles. The first kappa shape index (κ1) is 11.0. The fourth-order valence-electron chi connectivity index (χ4n) is 1.72. The number of ether oxygens (including phenoxy) is 1. The minimum atomic E-state index is 0.400. The van der Waals surface area contributed by atoms with Crippen LogP contribution in [-0.2, 0) is 11.3 Å². The number of hydrogen-bond donors (Lipinski definition) is 1. The van der Waals surface area contributed by atoms with Crippen LogP contribution in [0.1, 0.15) is 18.5 Å². The second kappa shape index (κ2) is 5.58. The first-order valence-corrected chi connectivity index (χ1v) is 6.07. The third-order valence-electron chi connectivity index (χ3n) is 2.47. The molecule has 1 aliphatic rings. The standard InChI is InChI=1S/C11H15BrN2O/c12-11-5-1-3-9(14-11)7-13-8-10-4-2-6-15-10/h1,3,5,10,13H,2,4,6-8H2. The number of aromatic nitrogens is 1. The van der Waals surface area contributed by atoms with E-state index >= 15 is 0 Å². The summed E-state index contributed by atoms with van der Waals surface area (Å²) in [5.41, 5.74) is 1.06. The van der Waals surface area contributed by atoms with Crippen molar-refractivity contribution in [2.24, 2.45) is 0 Å². The van der Waals surface area contributed by atoms with Crippen LogP contribution < -0.4 is 5.32 Å². The van der Waals surface area contributed by atoms with Gasteiger partial charge in [0.15, 0.2) is 0 Å². The SMILES string of the molecule is Brc1cccc(CNCC2CCCO2)n1. The molecule has 1 aromatic heterocycles. The van der Waals surface area contributed by atoms with E-state index in [0.29, 0.717) is 6.10 Å². The molecule has 1 atom stereocenters. The van der Waals surface area contributed by atoms with Crippen molar-refractivity contribution in [3.8, 4) is 0 Å². The van der Waals surface area contributed by atoms with Crippen molar-refractivity contribution in [2.75, 3.05) is 13.2 Å². The minimum absolute atomic E-state index is 0.400. The molecule has 0 aliphatic carbocycles. The number of pyridine rings is 1. The van der Waals surface area contributed by atoms with Gasteiger partial charge in [-0.2, -0.15) is 0 Å². The summed E-state index contributed by atoms with van der Waals surface area (Å²) in [7, 11) is 0. The Morgan fingerprint density at radius 2 is 2.47 bits per heavy atom. The maximum atomic E-state index is 5.52. The number of nitrogens with one attached hydrogen (secondary N) is 1. The van der Waals surface area contributed by atoms with Crippen molar-refractivity contribution in [3.05, 3.63) is 28.5 Å². The van der Waals surface area contributed by atoms with E-state index in [1.165, 1.54) is 12.8 Å². The first-order valence-electron chi connectivity index (χ1n) is 5.28. The van der Waals surface area contributed by atoms with Gasteiger partial charge in [0.05, 0.1) is 11.8 Å². The molecule has 82 valence electrons. The maximum absolute atomic E-state index is 5.52. The fourth-order valence-corrected chi connectivity index (χ4v) is 2.10. The molecule has 1 unspecified atom stereocenters. The molecule has 0 amide bonds. The van der Waals surface area contributed by atoms with Gasteiger partial charge in [-0.15, -0.1) is 0 Å². The molecular weight excluding hydrogens is 256 g/mol. The molecular formula is C11H15BrN2O.